The van der Waals surface area contributed by atoms with Crippen LogP contribution in [0, 0.1) is 0 Å². The van der Waals surface area contributed by atoms with Crippen LogP contribution in [0.15, 0.2) is 53.6 Å². The first kappa shape index (κ1) is 29.0. The van der Waals surface area contributed by atoms with Gasteiger partial charge in [0.15, 0.2) is 0 Å². The van der Waals surface area contributed by atoms with Crippen LogP contribution >= 0.6 is 11.6 Å². The highest BCUT2D eigenvalue weighted by Crippen LogP contribution is 2.19. The summed E-state index contributed by atoms with van der Waals surface area (Å²) in [4.78, 5) is 36.0. The Morgan fingerprint density at radius 1 is 0.861 bits per heavy atom. The minimum absolute atomic E-state index is 0.120. The van der Waals surface area contributed by atoms with Gasteiger partial charge in [0.1, 0.15) is 5.75 Å². The summed E-state index contributed by atoms with van der Waals surface area (Å²) >= 11 is 6.01. The number of hydrogen-bond donors (Lipinski definition) is 2. The standard InChI is InChI=1S/C28H36ClN3O4/c1-2-3-4-5-6-7-8-9-10-15-26(33)30-21-27(34)32-31-20-22-16-18-23(19-17-22)36-28(35)24-13-11-12-14-25(24)29/h11-14,16-20H,2-10,15,21H2,1H3,(H,30,33)(H,32,34)/b31-20+. The molecule has 2 rings (SSSR count). The third kappa shape index (κ3) is 12.0. The molecule has 0 atom stereocenters. The summed E-state index contributed by atoms with van der Waals surface area (Å²) in [7, 11) is 0. The molecule has 0 heterocycles. The molecular weight excluding hydrogens is 478 g/mol. The average molecular weight is 514 g/mol. The highest BCUT2D eigenvalue weighted by molar-refractivity contribution is 6.33. The van der Waals surface area contributed by atoms with Gasteiger partial charge in [0.2, 0.25) is 5.91 Å². The monoisotopic (exact) mass is 513 g/mol. The normalized spacial score (nSPS) is 10.8. The topological polar surface area (TPSA) is 96.9 Å². The predicted molar refractivity (Wildman–Crippen MR) is 143 cm³/mol. The number of unbranched alkanes of at least 4 members (excludes halogenated alkanes) is 8. The Kier molecular flexibility index (Phi) is 13.9. The number of carbonyl (C=O) groups is 3. The lowest BCUT2D eigenvalue weighted by atomic mass is 10.1. The fraction of sp³-hybridized carbons (Fsp3) is 0.429. The molecule has 0 radical (unpaired) electrons. The second-order valence-electron chi connectivity index (χ2n) is 8.59. The van der Waals surface area contributed by atoms with Crippen LogP contribution in [0.3, 0.4) is 0 Å². The summed E-state index contributed by atoms with van der Waals surface area (Å²) in [5, 5.41) is 6.83. The number of halogens is 1. The van der Waals surface area contributed by atoms with Crippen molar-refractivity contribution in [3.63, 3.8) is 0 Å². The van der Waals surface area contributed by atoms with Gasteiger partial charge in [-0.3, -0.25) is 9.59 Å². The third-order valence-corrected chi connectivity index (χ3v) is 5.87. The maximum Gasteiger partial charge on any atom is 0.345 e. The molecule has 0 aliphatic carbocycles. The molecule has 0 aliphatic heterocycles. The van der Waals surface area contributed by atoms with Crippen LogP contribution in [0.5, 0.6) is 5.75 Å². The molecule has 0 aromatic heterocycles. The number of hydrazone groups is 1. The molecule has 2 amide bonds. The van der Waals surface area contributed by atoms with Crippen molar-refractivity contribution in [2.75, 3.05) is 6.54 Å². The van der Waals surface area contributed by atoms with Gasteiger partial charge < -0.3 is 10.1 Å². The summed E-state index contributed by atoms with van der Waals surface area (Å²) in [6, 6.07) is 13.3. The number of carbonyl (C=O) groups excluding carboxylic acids is 3. The zero-order chi connectivity index (χ0) is 26.0. The van der Waals surface area contributed by atoms with Gasteiger partial charge in [0.05, 0.1) is 23.3 Å². The van der Waals surface area contributed by atoms with E-state index < -0.39 is 11.9 Å². The summed E-state index contributed by atoms with van der Waals surface area (Å²) in [5.41, 5.74) is 3.36. The Morgan fingerprint density at radius 2 is 1.50 bits per heavy atom. The van der Waals surface area contributed by atoms with Crippen LogP contribution in [0.1, 0.15) is 87.1 Å². The molecule has 0 fully saturated rings. The lowest BCUT2D eigenvalue weighted by Crippen LogP contribution is -2.34. The minimum Gasteiger partial charge on any atom is -0.423 e. The largest absolute Gasteiger partial charge is 0.423 e. The van der Waals surface area contributed by atoms with Gasteiger partial charge in [-0.25, -0.2) is 10.2 Å². The fourth-order valence-electron chi connectivity index (χ4n) is 3.49. The molecule has 2 N–H and O–H groups in total. The van der Waals surface area contributed by atoms with E-state index in [-0.39, 0.29) is 18.0 Å². The van der Waals surface area contributed by atoms with Crippen LogP contribution in [0.25, 0.3) is 0 Å². The molecule has 194 valence electrons. The third-order valence-electron chi connectivity index (χ3n) is 5.54. The van der Waals surface area contributed by atoms with Crippen molar-refractivity contribution in [1.82, 2.24) is 10.7 Å². The molecule has 0 bridgehead atoms. The van der Waals surface area contributed by atoms with E-state index in [4.69, 9.17) is 16.3 Å². The summed E-state index contributed by atoms with van der Waals surface area (Å²) < 4.78 is 5.32. The zero-order valence-electron chi connectivity index (χ0n) is 20.9. The van der Waals surface area contributed by atoms with E-state index in [1.807, 2.05) is 0 Å². The van der Waals surface area contributed by atoms with Crippen LogP contribution in [-0.2, 0) is 9.59 Å². The van der Waals surface area contributed by atoms with Gasteiger partial charge in [-0.2, -0.15) is 5.10 Å². The van der Waals surface area contributed by atoms with Crippen LogP contribution < -0.4 is 15.5 Å². The van der Waals surface area contributed by atoms with E-state index in [2.05, 4.69) is 22.8 Å². The van der Waals surface area contributed by atoms with Crippen molar-refractivity contribution in [3.05, 3.63) is 64.7 Å². The van der Waals surface area contributed by atoms with Crippen molar-refractivity contribution in [1.29, 1.82) is 0 Å². The van der Waals surface area contributed by atoms with E-state index in [0.717, 1.165) is 19.3 Å². The van der Waals surface area contributed by atoms with Crippen LogP contribution in [0.2, 0.25) is 5.02 Å². The van der Waals surface area contributed by atoms with Gasteiger partial charge in [0.25, 0.3) is 5.91 Å². The SMILES string of the molecule is CCCCCCCCCCCC(=O)NCC(=O)N/N=C/c1ccc(OC(=O)c2ccccc2Cl)cc1. The second-order valence-corrected chi connectivity index (χ2v) is 8.99. The van der Waals surface area contributed by atoms with Crippen molar-refractivity contribution in [3.8, 4) is 5.75 Å². The molecule has 0 saturated heterocycles. The Balaban J connectivity index is 1.59. The molecule has 2 aromatic carbocycles. The van der Waals surface area contributed by atoms with E-state index in [0.29, 0.717) is 22.8 Å². The minimum atomic E-state index is -0.547. The van der Waals surface area contributed by atoms with Crippen LogP contribution in [-0.4, -0.2) is 30.5 Å². The molecular formula is C28H36ClN3O4. The fourth-order valence-corrected chi connectivity index (χ4v) is 3.71. The first-order valence-electron chi connectivity index (χ1n) is 12.6. The lowest BCUT2D eigenvalue weighted by Gasteiger charge is -2.06. The van der Waals surface area contributed by atoms with Crippen molar-refractivity contribution < 1.29 is 19.1 Å². The summed E-state index contributed by atoms with van der Waals surface area (Å²) in [5.74, 6) is -0.721. The molecule has 0 saturated carbocycles. The number of nitrogens with one attached hydrogen (secondary N) is 2. The highest BCUT2D eigenvalue weighted by atomic mass is 35.5. The average Bonchev–Trinajstić information content (AvgIpc) is 2.87. The molecule has 36 heavy (non-hydrogen) atoms. The molecule has 0 spiro atoms. The number of nitrogens with zero attached hydrogens (tertiary/aromatic N) is 1. The molecule has 0 aliphatic rings. The predicted octanol–water partition coefficient (Wildman–Crippen LogP) is 6.05. The van der Waals surface area contributed by atoms with Gasteiger partial charge in [0, 0.05) is 6.42 Å². The van der Waals surface area contributed by atoms with E-state index >= 15 is 0 Å². The Bertz CT molecular complexity index is 993. The summed E-state index contributed by atoms with van der Waals surface area (Å²) in [6.07, 6.45) is 12.6. The number of benzene rings is 2. The highest BCUT2D eigenvalue weighted by Gasteiger charge is 2.12. The van der Waals surface area contributed by atoms with Gasteiger partial charge in [-0.1, -0.05) is 82.0 Å². The maximum atomic E-state index is 12.2. The number of rotatable bonds is 16. The first-order chi connectivity index (χ1) is 17.5. The first-order valence-corrected chi connectivity index (χ1v) is 13.0. The van der Waals surface area contributed by atoms with Gasteiger partial charge >= 0.3 is 5.97 Å². The Hall–Kier alpha value is -3.19. The van der Waals surface area contributed by atoms with E-state index in [1.54, 1.807) is 48.5 Å². The van der Waals surface area contributed by atoms with Crippen molar-refractivity contribution in [2.45, 2.75) is 71.1 Å². The molecule has 0 unspecified atom stereocenters. The van der Waals surface area contributed by atoms with Gasteiger partial charge in [-0.05, 0) is 48.4 Å². The lowest BCUT2D eigenvalue weighted by molar-refractivity contribution is -0.126. The Morgan fingerprint density at radius 3 is 2.17 bits per heavy atom. The quantitative estimate of drug-likeness (QED) is 0.0938. The number of hydrogen-bond acceptors (Lipinski definition) is 5. The molecule has 8 heteroatoms. The maximum absolute atomic E-state index is 12.2. The number of ether oxygens (including phenoxy) is 1. The van der Waals surface area contributed by atoms with Crippen molar-refractivity contribution >= 4 is 35.6 Å². The second kappa shape index (κ2) is 17.3. The van der Waals surface area contributed by atoms with Crippen LogP contribution in [0.4, 0.5) is 0 Å². The summed E-state index contributed by atoms with van der Waals surface area (Å²) in [6.45, 7) is 2.10. The van der Waals surface area contributed by atoms with Crippen molar-refractivity contribution in [2.24, 2.45) is 5.10 Å². The van der Waals surface area contributed by atoms with Gasteiger partial charge in [-0.15, -0.1) is 0 Å². The molecule has 7 nitrogen and oxygen atoms in total. The number of amides is 2. The zero-order valence-corrected chi connectivity index (χ0v) is 21.7. The van der Waals surface area contributed by atoms with E-state index in [9.17, 15) is 14.4 Å². The number of esters is 1. The smallest absolute Gasteiger partial charge is 0.345 e. The van der Waals surface area contributed by atoms with E-state index in [1.165, 1.54) is 44.7 Å². The molecule has 2 aromatic rings. The Labute approximate surface area is 218 Å².